The first-order valence-corrected chi connectivity index (χ1v) is 7.77. The smallest absolute Gasteiger partial charge is 0.230 e. The van der Waals surface area contributed by atoms with Crippen molar-refractivity contribution >= 4 is 30.1 Å². The van der Waals surface area contributed by atoms with Gasteiger partial charge >= 0.3 is 0 Å². The minimum absolute atomic E-state index is 0. The van der Waals surface area contributed by atoms with E-state index in [0.717, 1.165) is 16.0 Å². The SMILES string of the molecule is CC(N)c1ccc(CNC(=O)CSc2ccncc2)cc1.Cl. The van der Waals surface area contributed by atoms with Crippen LogP contribution in [0.1, 0.15) is 24.1 Å². The van der Waals surface area contributed by atoms with Crippen molar-refractivity contribution in [3.8, 4) is 0 Å². The topological polar surface area (TPSA) is 68.0 Å². The first-order chi connectivity index (χ1) is 10.1. The molecule has 0 aliphatic rings. The first kappa shape index (κ1) is 18.5. The number of carbonyl (C=O) groups excluding carboxylic acids is 1. The van der Waals surface area contributed by atoms with Crippen LogP contribution < -0.4 is 11.1 Å². The molecule has 0 aliphatic heterocycles. The summed E-state index contributed by atoms with van der Waals surface area (Å²) in [5, 5.41) is 2.91. The Bertz CT molecular complexity index is 576. The van der Waals surface area contributed by atoms with Gasteiger partial charge in [-0.3, -0.25) is 9.78 Å². The van der Waals surface area contributed by atoms with Crippen LogP contribution in [-0.4, -0.2) is 16.6 Å². The molecule has 1 unspecified atom stereocenters. The lowest BCUT2D eigenvalue weighted by molar-refractivity contribution is -0.118. The molecule has 1 heterocycles. The standard InChI is InChI=1S/C16H19N3OS.ClH/c1-12(17)14-4-2-13(3-5-14)10-19-16(20)11-21-15-6-8-18-9-7-15;/h2-9,12H,10-11,17H2,1H3,(H,19,20);1H. The predicted octanol–water partition coefficient (Wildman–Crippen LogP) is 2.93. The summed E-state index contributed by atoms with van der Waals surface area (Å²) >= 11 is 1.50. The first-order valence-electron chi connectivity index (χ1n) is 6.79. The van der Waals surface area contributed by atoms with Gasteiger partial charge in [0.1, 0.15) is 0 Å². The highest BCUT2D eigenvalue weighted by Crippen LogP contribution is 2.15. The predicted molar refractivity (Wildman–Crippen MR) is 93.1 cm³/mol. The van der Waals surface area contributed by atoms with Crippen LogP contribution in [0.3, 0.4) is 0 Å². The highest BCUT2D eigenvalue weighted by Gasteiger charge is 2.04. The number of benzene rings is 1. The molecule has 0 radical (unpaired) electrons. The van der Waals surface area contributed by atoms with E-state index in [1.165, 1.54) is 11.8 Å². The third kappa shape index (κ3) is 6.05. The van der Waals surface area contributed by atoms with Crippen molar-refractivity contribution in [2.75, 3.05) is 5.75 Å². The minimum Gasteiger partial charge on any atom is -0.351 e. The van der Waals surface area contributed by atoms with E-state index in [9.17, 15) is 4.79 Å². The number of aromatic nitrogens is 1. The van der Waals surface area contributed by atoms with E-state index < -0.39 is 0 Å². The second-order valence-electron chi connectivity index (χ2n) is 4.78. The van der Waals surface area contributed by atoms with Gasteiger partial charge in [-0.15, -0.1) is 24.2 Å². The largest absolute Gasteiger partial charge is 0.351 e. The highest BCUT2D eigenvalue weighted by molar-refractivity contribution is 8.00. The molecule has 4 nitrogen and oxygen atoms in total. The van der Waals surface area contributed by atoms with Gasteiger partial charge < -0.3 is 11.1 Å². The van der Waals surface area contributed by atoms with E-state index in [2.05, 4.69) is 10.3 Å². The third-order valence-corrected chi connectivity index (χ3v) is 4.03. The van der Waals surface area contributed by atoms with Crippen molar-refractivity contribution in [1.82, 2.24) is 10.3 Å². The number of nitrogens with two attached hydrogens (primary N) is 1. The Balaban J connectivity index is 0.00000242. The molecule has 1 atom stereocenters. The Morgan fingerprint density at radius 1 is 1.23 bits per heavy atom. The van der Waals surface area contributed by atoms with Gasteiger partial charge in [0.15, 0.2) is 0 Å². The molecule has 3 N–H and O–H groups in total. The summed E-state index contributed by atoms with van der Waals surface area (Å²) in [5.74, 6) is 0.426. The molecule has 2 rings (SSSR count). The monoisotopic (exact) mass is 337 g/mol. The lowest BCUT2D eigenvalue weighted by atomic mass is 10.1. The number of hydrogen-bond acceptors (Lipinski definition) is 4. The zero-order chi connectivity index (χ0) is 15.1. The van der Waals surface area contributed by atoms with Gasteiger partial charge in [-0.2, -0.15) is 0 Å². The number of halogens is 1. The highest BCUT2D eigenvalue weighted by atomic mass is 35.5. The number of nitrogens with one attached hydrogen (secondary N) is 1. The van der Waals surface area contributed by atoms with Crippen molar-refractivity contribution < 1.29 is 4.79 Å². The molecule has 0 bridgehead atoms. The zero-order valence-corrected chi connectivity index (χ0v) is 14.0. The molecule has 0 aliphatic carbocycles. The van der Waals surface area contributed by atoms with Gasteiger partial charge in [0, 0.05) is 29.9 Å². The van der Waals surface area contributed by atoms with Gasteiger partial charge in [-0.25, -0.2) is 0 Å². The second kappa shape index (κ2) is 9.46. The lowest BCUT2D eigenvalue weighted by Gasteiger charge is -2.08. The molecule has 118 valence electrons. The number of nitrogens with zero attached hydrogens (tertiary/aromatic N) is 1. The number of thioether (sulfide) groups is 1. The number of pyridine rings is 1. The Morgan fingerprint density at radius 2 is 1.86 bits per heavy atom. The fourth-order valence-corrected chi connectivity index (χ4v) is 2.49. The van der Waals surface area contributed by atoms with E-state index in [0.29, 0.717) is 12.3 Å². The normalized spacial score (nSPS) is 11.4. The summed E-state index contributed by atoms with van der Waals surface area (Å²) in [7, 11) is 0. The Labute approximate surface area is 141 Å². The van der Waals surface area contributed by atoms with Crippen LogP contribution in [-0.2, 0) is 11.3 Å². The summed E-state index contributed by atoms with van der Waals surface area (Å²) in [5.41, 5.74) is 7.97. The van der Waals surface area contributed by atoms with Gasteiger partial charge in [-0.1, -0.05) is 24.3 Å². The van der Waals surface area contributed by atoms with E-state index in [-0.39, 0.29) is 24.4 Å². The molecule has 22 heavy (non-hydrogen) atoms. The lowest BCUT2D eigenvalue weighted by Crippen LogP contribution is -2.24. The number of rotatable bonds is 6. The van der Waals surface area contributed by atoms with Gasteiger partial charge in [0.25, 0.3) is 0 Å². The van der Waals surface area contributed by atoms with Crippen molar-refractivity contribution in [2.24, 2.45) is 5.73 Å². The number of carbonyl (C=O) groups is 1. The maximum Gasteiger partial charge on any atom is 0.230 e. The molecule has 6 heteroatoms. The maximum absolute atomic E-state index is 11.8. The number of amides is 1. The minimum atomic E-state index is 0. The fraction of sp³-hybridized carbons (Fsp3) is 0.250. The van der Waals surface area contributed by atoms with Crippen molar-refractivity contribution in [3.63, 3.8) is 0 Å². The molecule has 1 aromatic carbocycles. The van der Waals surface area contributed by atoms with Crippen molar-refractivity contribution in [2.45, 2.75) is 24.4 Å². The summed E-state index contributed by atoms with van der Waals surface area (Å²) in [4.78, 5) is 16.8. The maximum atomic E-state index is 11.8. The Kier molecular flexibility index (Phi) is 7.95. The van der Waals surface area contributed by atoms with Crippen molar-refractivity contribution in [3.05, 3.63) is 59.9 Å². The van der Waals surface area contributed by atoms with Crippen LogP contribution in [0.15, 0.2) is 53.7 Å². The quantitative estimate of drug-likeness (QED) is 0.795. The third-order valence-electron chi connectivity index (χ3n) is 3.01. The van der Waals surface area contributed by atoms with E-state index in [1.807, 2.05) is 43.3 Å². The van der Waals surface area contributed by atoms with Crippen molar-refractivity contribution in [1.29, 1.82) is 0 Å². The van der Waals surface area contributed by atoms with E-state index in [4.69, 9.17) is 5.73 Å². The van der Waals surface area contributed by atoms with Crippen LogP contribution >= 0.6 is 24.2 Å². The van der Waals surface area contributed by atoms with Crippen LogP contribution in [0.2, 0.25) is 0 Å². The summed E-state index contributed by atoms with van der Waals surface area (Å²) in [6, 6.07) is 11.8. The summed E-state index contributed by atoms with van der Waals surface area (Å²) < 4.78 is 0. The molecule has 1 amide bonds. The number of hydrogen-bond donors (Lipinski definition) is 2. The van der Waals surface area contributed by atoms with Crippen LogP contribution in [0.25, 0.3) is 0 Å². The molecule has 0 fully saturated rings. The average Bonchev–Trinajstić information content (AvgIpc) is 2.52. The average molecular weight is 338 g/mol. The molecule has 2 aromatic rings. The molecule has 0 saturated heterocycles. The Morgan fingerprint density at radius 3 is 2.45 bits per heavy atom. The van der Waals surface area contributed by atoms with Crippen LogP contribution in [0.5, 0.6) is 0 Å². The van der Waals surface area contributed by atoms with Gasteiger partial charge in [0.05, 0.1) is 5.75 Å². The fourth-order valence-electron chi connectivity index (χ4n) is 1.77. The van der Waals surface area contributed by atoms with Gasteiger partial charge in [0.2, 0.25) is 5.91 Å². The second-order valence-corrected chi connectivity index (χ2v) is 5.83. The Hall–Kier alpha value is -1.56. The van der Waals surface area contributed by atoms with Crippen LogP contribution in [0.4, 0.5) is 0 Å². The molecular formula is C16H20ClN3OS. The molecule has 1 aromatic heterocycles. The summed E-state index contributed by atoms with van der Waals surface area (Å²) in [6.07, 6.45) is 3.44. The van der Waals surface area contributed by atoms with E-state index in [1.54, 1.807) is 12.4 Å². The summed E-state index contributed by atoms with van der Waals surface area (Å²) in [6.45, 7) is 2.49. The zero-order valence-electron chi connectivity index (χ0n) is 12.4. The van der Waals surface area contributed by atoms with Gasteiger partial charge in [-0.05, 0) is 30.2 Å². The van der Waals surface area contributed by atoms with E-state index >= 15 is 0 Å². The van der Waals surface area contributed by atoms with Crippen LogP contribution in [0, 0.1) is 0 Å². The molecular weight excluding hydrogens is 318 g/mol. The molecule has 0 saturated carbocycles. The molecule has 0 spiro atoms.